The molecule has 2 amide bonds. The minimum atomic E-state index is -0.169. The van der Waals surface area contributed by atoms with Crippen LogP contribution in [-0.4, -0.2) is 56.1 Å². The number of rotatable bonds is 5. The summed E-state index contributed by atoms with van der Waals surface area (Å²) in [6.45, 7) is 3.43. The van der Waals surface area contributed by atoms with Crippen LogP contribution in [0, 0.1) is 5.92 Å². The van der Waals surface area contributed by atoms with Crippen molar-refractivity contribution in [3.05, 3.63) is 0 Å². The third-order valence-corrected chi connectivity index (χ3v) is 2.97. The number of amides is 2. The molecule has 1 aliphatic heterocycles. The van der Waals surface area contributed by atoms with Crippen LogP contribution in [0.4, 0.5) is 0 Å². The molecule has 1 saturated heterocycles. The maximum Gasteiger partial charge on any atom is 0.239 e. The lowest BCUT2D eigenvalue weighted by Crippen LogP contribution is -2.53. The van der Waals surface area contributed by atoms with Crippen LogP contribution in [-0.2, 0) is 14.3 Å². The molecule has 2 atom stereocenters. The van der Waals surface area contributed by atoms with Crippen molar-refractivity contribution in [2.45, 2.75) is 19.4 Å². The number of ether oxygens (including phenoxy) is 1. The molecule has 0 aromatic rings. The minimum Gasteiger partial charge on any atom is -0.383 e. The van der Waals surface area contributed by atoms with Gasteiger partial charge in [0.1, 0.15) is 0 Å². The highest BCUT2D eigenvalue weighted by Gasteiger charge is 2.29. The zero-order valence-electron chi connectivity index (χ0n) is 10.4. The van der Waals surface area contributed by atoms with Gasteiger partial charge in [-0.1, -0.05) is 6.92 Å². The topological polar surface area (TPSA) is 84.7 Å². The van der Waals surface area contributed by atoms with E-state index in [2.05, 4.69) is 5.32 Å². The molecule has 0 spiro atoms. The van der Waals surface area contributed by atoms with Gasteiger partial charge in [-0.05, 0) is 5.92 Å². The zero-order valence-corrected chi connectivity index (χ0v) is 10.4. The normalized spacial score (nSPS) is 24.9. The fourth-order valence-electron chi connectivity index (χ4n) is 1.77. The van der Waals surface area contributed by atoms with Gasteiger partial charge in [0.25, 0.3) is 0 Å². The summed E-state index contributed by atoms with van der Waals surface area (Å²) in [6.07, 6.45) is 0.423. The van der Waals surface area contributed by atoms with E-state index in [1.165, 1.54) is 4.90 Å². The first-order valence-corrected chi connectivity index (χ1v) is 5.83. The molecule has 0 bridgehead atoms. The van der Waals surface area contributed by atoms with E-state index in [0.717, 1.165) is 0 Å². The van der Waals surface area contributed by atoms with Gasteiger partial charge in [-0.2, -0.15) is 0 Å². The van der Waals surface area contributed by atoms with Crippen molar-refractivity contribution >= 4 is 11.8 Å². The Balaban J connectivity index is 2.35. The molecule has 2 unspecified atom stereocenters. The fraction of sp³-hybridized carbons (Fsp3) is 0.818. The molecular formula is C11H21N3O3. The highest BCUT2D eigenvalue weighted by molar-refractivity contribution is 5.85. The molecule has 0 aliphatic carbocycles. The van der Waals surface area contributed by atoms with Crippen molar-refractivity contribution in [3.8, 4) is 0 Å². The fourth-order valence-corrected chi connectivity index (χ4v) is 1.77. The maximum atomic E-state index is 11.7. The molecule has 98 valence electrons. The van der Waals surface area contributed by atoms with Gasteiger partial charge in [-0.25, -0.2) is 0 Å². The number of carbonyl (C=O) groups excluding carboxylic acids is 2. The molecule has 0 radical (unpaired) electrons. The second-order valence-corrected chi connectivity index (χ2v) is 4.46. The molecule has 1 heterocycles. The van der Waals surface area contributed by atoms with E-state index < -0.39 is 0 Å². The predicted molar refractivity (Wildman–Crippen MR) is 63.2 cm³/mol. The first kappa shape index (κ1) is 13.9. The summed E-state index contributed by atoms with van der Waals surface area (Å²) in [5.41, 5.74) is 5.88. The Labute approximate surface area is 101 Å². The molecule has 6 nitrogen and oxygen atoms in total. The Kier molecular flexibility index (Phi) is 5.37. The predicted octanol–water partition coefficient (Wildman–Crippen LogP) is -1.06. The molecule has 1 aliphatic rings. The highest BCUT2D eigenvalue weighted by atomic mass is 16.5. The van der Waals surface area contributed by atoms with Gasteiger partial charge in [0, 0.05) is 32.7 Å². The van der Waals surface area contributed by atoms with Gasteiger partial charge in [0.15, 0.2) is 0 Å². The first-order chi connectivity index (χ1) is 8.04. The summed E-state index contributed by atoms with van der Waals surface area (Å²) in [4.78, 5) is 24.7. The quantitative estimate of drug-likeness (QED) is 0.603. The number of nitrogens with two attached hydrogens (primary N) is 1. The Bertz CT molecular complexity index is 283. The van der Waals surface area contributed by atoms with Gasteiger partial charge in [0.05, 0.1) is 13.2 Å². The zero-order chi connectivity index (χ0) is 12.8. The Morgan fingerprint density at radius 3 is 3.00 bits per heavy atom. The third kappa shape index (κ3) is 4.32. The van der Waals surface area contributed by atoms with Crippen molar-refractivity contribution in [1.82, 2.24) is 10.2 Å². The first-order valence-electron chi connectivity index (χ1n) is 5.83. The van der Waals surface area contributed by atoms with Gasteiger partial charge >= 0.3 is 0 Å². The van der Waals surface area contributed by atoms with Crippen molar-refractivity contribution in [3.63, 3.8) is 0 Å². The van der Waals surface area contributed by atoms with Crippen LogP contribution >= 0.6 is 0 Å². The summed E-state index contributed by atoms with van der Waals surface area (Å²) in [5.74, 6) is 0.0218. The molecular weight excluding hydrogens is 222 g/mol. The number of likely N-dealkylation sites (tertiary alicyclic amines) is 1. The van der Waals surface area contributed by atoms with Gasteiger partial charge in [-0.15, -0.1) is 0 Å². The number of hydrogen-bond acceptors (Lipinski definition) is 4. The molecule has 17 heavy (non-hydrogen) atoms. The number of methoxy groups -OCH3 is 1. The molecule has 0 aromatic heterocycles. The number of carbonyl (C=O) groups is 2. The van der Waals surface area contributed by atoms with Crippen molar-refractivity contribution < 1.29 is 14.3 Å². The Morgan fingerprint density at radius 2 is 2.35 bits per heavy atom. The molecule has 3 N–H and O–H groups in total. The molecule has 1 rings (SSSR count). The maximum absolute atomic E-state index is 11.7. The van der Waals surface area contributed by atoms with E-state index in [-0.39, 0.29) is 30.3 Å². The number of piperidine rings is 1. The number of hydrogen-bond donors (Lipinski definition) is 2. The van der Waals surface area contributed by atoms with Crippen LogP contribution in [0.15, 0.2) is 0 Å². The van der Waals surface area contributed by atoms with Crippen LogP contribution in [0.1, 0.15) is 13.3 Å². The number of nitrogens with one attached hydrogen (secondary N) is 1. The van der Waals surface area contributed by atoms with Crippen LogP contribution in [0.5, 0.6) is 0 Å². The minimum absolute atomic E-state index is 0.00101. The SMILES string of the molecule is COCCNC(=O)CN1CC(N)C(C)CC1=O. The van der Waals surface area contributed by atoms with E-state index in [9.17, 15) is 9.59 Å². The highest BCUT2D eigenvalue weighted by Crippen LogP contribution is 2.16. The van der Waals surface area contributed by atoms with Gasteiger partial charge in [0.2, 0.25) is 11.8 Å². The largest absolute Gasteiger partial charge is 0.383 e. The van der Waals surface area contributed by atoms with E-state index in [4.69, 9.17) is 10.5 Å². The lowest BCUT2D eigenvalue weighted by Gasteiger charge is -2.34. The average Bonchev–Trinajstić information content (AvgIpc) is 2.26. The van der Waals surface area contributed by atoms with E-state index in [0.29, 0.717) is 26.1 Å². The molecule has 1 fully saturated rings. The van der Waals surface area contributed by atoms with Crippen LogP contribution in [0.25, 0.3) is 0 Å². The Morgan fingerprint density at radius 1 is 1.65 bits per heavy atom. The van der Waals surface area contributed by atoms with E-state index in [1.54, 1.807) is 7.11 Å². The lowest BCUT2D eigenvalue weighted by molar-refractivity contribution is -0.139. The summed E-state index contributed by atoms with van der Waals surface area (Å²) < 4.78 is 4.82. The number of nitrogens with zero attached hydrogens (tertiary/aromatic N) is 1. The monoisotopic (exact) mass is 243 g/mol. The van der Waals surface area contributed by atoms with Crippen molar-refractivity contribution in [1.29, 1.82) is 0 Å². The van der Waals surface area contributed by atoms with Crippen molar-refractivity contribution in [2.75, 3.05) is 33.4 Å². The smallest absolute Gasteiger partial charge is 0.239 e. The molecule has 0 saturated carbocycles. The van der Waals surface area contributed by atoms with Crippen LogP contribution < -0.4 is 11.1 Å². The standard InChI is InChI=1S/C11H21N3O3/c1-8-5-11(16)14(6-9(8)12)7-10(15)13-3-4-17-2/h8-9H,3-7,12H2,1-2H3,(H,13,15). The van der Waals surface area contributed by atoms with Crippen molar-refractivity contribution in [2.24, 2.45) is 11.7 Å². The summed E-state index contributed by atoms with van der Waals surface area (Å²) in [7, 11) is 1.57. The van der Waals surface area contributed by atoms with Crippen LogP contribution in [0.3, 0.4) is 0 Å². The van der Waals surface area contributed by atoms with Crippen LogP contribution in [0.2, 0.25) is 0 Å². The summed E-state index contributed by atoms with van der Waals surface area (Å²) >= 11 is 0. The second kappa shape index (κ2) is 6.56. The Hall–Kier alpha value is -1.14. The van der Waals surface area contributed by atoms with Gasteiger partial charge in [-0.3, -0.25) is 9.59 Å². The third-order valence-electron chi connectivity index (χ3n) is 2.97. The molecule has 0 aromatic carbocycles. The summed E-state index contributed by atoms with van der Waals surface area (Å²) in [5, 5.41) is 2.68. The molecule has 6 heteroatoms. The van der Waals surface area contributed by atoms with Gasteiger partial charge < -0.3 is 20.7 Å². The summed E-state index contributed by atoms with van der Waals surface area (Å²) in [6, 6.07) is -0.0422. The van der Waals surface area contributed by atoms with E-state index in [1.807, 2.05) is 6.92 Å². The van der Waals surface area contributed by atoms with E-state index >= 15 is 0 Å². The second-order valence-electron chi connectivity index (χ2n) is 4.46. The average molecular weight is 243 g/mol. The lowest BCUT2D eigenvalue weighted by atomic mass is 9.94.